The van der Waals surface area contributed by atoms with Gasteiger partial charge in [-0.2, -0.15) is 0 Å². The van der Waals surface area contributed by atoms with Crippen LogP contribution in [0, 0.1) is 5.92 Å². The SMILES string of the molecule is C[C@@H]1[C@@H]([Si](C)(C)F)[C@H](CCO)O[C@@]12C(=O)N(Cc1cccc(N3C(=O)c4cccc5cccc3c45)c1)c1ccccc12. The van der Waals surface area contributed by atoms with E-state index in [9.17, 15) is 14.7 Å². The molecule has 7 rings (SSSR count). The molecule has 42 heavy (non-hydrogen) atoms. The van der Waals surface area contributed by atoms with Gasteiger partial charge < -0.3 is 18.9 Å². The first-order chi connectivity index (χ1) is 20.2. The van der Waals surface area contributed by atoms with Gasteiger partial charge in [-0.05, 0) is 60.8 Å². The summed E-state index contributed by atoms with van der Waals surface area (Å²) < 4.78 is 22.3. The summed E-state index contributed by atoms with van der Waals surface area (Å²) in [5, 5.41) is 11.7. The van der Waals surface area contributed by atoms with Crippen molar-refractivity contribution in [3.05, 3.63) is 102 Å². The van der Waals surface area contributed by atoms with Crippen LogP contribution in [0.4, 0.5) is 21.2 Å². The van der Waals surface area contributed by atoms with Crippen molar-refractivity contribution in [3.63, 3.8) is 0 Å². The van der Waals surface area contributed by atoms with E-state index in [-0.39, 0.29) is 31.4 Å². The molecular weight excluding hydrogens is 547 g/mol. The number of ether oxygens (including phenoxy) is 1. The van der Waals surface area contributed by atoms with Crippen molar-refractivity contribution in [2.45, 2.75) is 50.2 Å². The lowest BCUT2D eigenvalue weighted by atomic mass is 9.82. The van der Waals surface area contributed by atoms with Gasteiger partial charge in [0.1, 0.15) is 0 Å². The number of carbonyl (C=O) groups is 2. The van der Waals surface area contributed by atoms with Crippen molar-refractivity contribution in [1.82, 2.24) is 0 Å². The number of fused-ring (bicyclic) bond motifs is 2. The van der Waals surface area contributed by atoms with E-state index in [2.05, 4.69) is 0 Å². The molecule has 4 aromatic carbocycles. The fourth-order valence-corrected chi connectivity index (χ4v) is 10.2. The molecule has 0 bridgehead atoms. The molecule has 3 aliphatic heterocycles. The Morgan fingerprint density at radius 3 is 2.43 bits per heavy atom. The predicted octanol–water partition coefficient (Wildman–Crippen LogP) is 6.84. The standard InChI is InChI=1S/C34H33FN2O4Si/c1-21-31(42(2,3)35)29(17-18-38)41-34(21)26-14-4-5-15-27(26)36(33(34)40)20-22-9-6-12-24(19-22)37-28-16-8-11-23-10-7-13-25(30(23)28)32(37)39/h4-16,19,21,29,31,38H,17-18,20H2,1-3H3/t21-,29+,31-,34+/m1/s1. The number of rotatable bonds is 6. The van der Waals surface area contributed by atoms with Crippen LogP contribution in [-0.4, -0.2) is 38.0 Å². The van der Waals surface area contributed by atoms with Crippen LogP contribution in [0.3, 0.4) is 0 Å². The van der Waals surface area contributed by atoms with Gasteiger partial charge >= 0.3 is 0 Å². The molecule has 4 atom stereocenters. The molecular formula is C34H33FN2O4Si. The number of para-hydroxylation sites is 1. The Kier molecular flexibility index (Phi) is 6.17. The van der Waals surface area contributed by atoms with Crippen LogP contribution in [0.25, 0.3) is 10.8 Å². The summed E-state index contributed by atoms with van der Waals surface area (Å²) in [7, 11) is -3.25. The Balaban J connectivity index is 1.26. The zero-order valence-electron chi connectivity index (χ0n) is 23.9. The molecule has 2 amide bonds. The lowest BCUT2D eigenvalue weighted by Crippen LogP contribution is -2.45. The quantitative estimate of drug-likeness (QED) is 0.200. The Morgan fingerprint density at radius 2 is 1.67 bits per heavy atom. The number of aliphatic hydroxyl groups is 1. The molecule has 0 unspecified atom stereocenters. The van der Waals surface area contributed by atoms with E-state index in [4.69, 9.17) is 4.74 Å². The van der Waals surface area contributed by atoms with Gasteiger partial charge in [0.05, 0.1) is 29.6 Å². The van der Waals surface area contributed by atoms with Crippen molar-refractivity contribution < 1.29 is 23.5 Å². The summed E-state index contributed by atoms with van der Waals surface area (Å²) in [5.74, 6) is -0.681. The van der Waals surface area contributed by atoms with Crippen LogP contribution in [0.5, 0.6) is 0 Å². The van der Waals surface area contributed by atoms with Crippen LogP contribution in [-0.2, 0) is 21.7 Å². The number of nitrogens with zero attached hydrogens (tertiary/aromatic N) is 2. The smallest absolute Gasteiger partial charge is 0.264 e. The maximum Gasteiger partial charge on any atom is 0.264 e. The van der Waals surface area contributed by atoms with Gasteiger partial charge in [-0.3, -0.25) is 14.5 Å². The summed E-state index contributed by atoms with van der Waals surface area (Å²) in [5.41, 5.74) is 2.87. The van der Waals surface area contributed by atoms with Gasteiger partial charge in [0.25, 0.3) is 11.8 Å². The highest BCUT2D eigenvalue weighted by Crippen LogP contribution is 2.60. The van der Waals surface area contributed by atoms with E-state index in [1.807, 2.05) is 91.9 Å². The topological polar surface area (TPSA) is 70.1 Å². The summed E-state index contributed by atoms with van der Waals surface area (Å²) in [6.07, 6.45) is -0.254. The fourth-order valence-electron chi connectivity index (χ4n) is 7.70. The zero-order chi connectivity index (χ0) is 29.4. The van der Waals surface area contributed by atoms with Crippen LogP contribution in [0.2, 0.25) is 18.6 Å². The summed E-state index contributed by atoms with van der Waals surface area (Å²) >= 11 is 0. The van der Waals surface area contributed by atoms with E-state index in [1.54, 1.807) is 22.9 Å². The minimum Gasteiger partial charge on any atom is -0.396 e. The molecule has 0 aliphatic carbocycles. The van der Waals surface area contributed by atoms with Crippen molar-refractivity contribution in [3.8, 4) is 0 Å². The van der Waals surface area contributed by atoms with Crippen molar-refractivity contribution in [1.29, 1.82) is 0 Å². The van der Waals surface area contributed by atoms with Crippen LogP contribution in [0.15, 0.2) is 84.9 Å². The molecule has 8 heteroatoms. The van der Waals surface area contributed by atoms with Gasteiger partial charge in [-0.15, -0.1) is 0 Å². The van der Waals surface area contributed by atoms with Gasteiger partial charge in [0.15, 0.2) is 5.60 Å². The molecule has 6 nitrogen and oxygen atoms in total. The third kappa shape index (κ3) is 3.75. The molecule has 1 saturated heterocycles. The van der Waals surface area contributed by atoms with E-state index >= 15 is 4.11 Å². The third-order valence-electron chi connectivity index (χ3n) is 9.35. The second-order valence-electron chi connectivity index (χ2n) is 12.2. The highest BCUT2D eigenvalue weighted by molar-refractivity contribution is 6.72. The number of hydrogen-bond donors (Lipinski definition) is 1. The van der Waals surface area contributed by atoms with Gasteiger partial charge in [-0.25, -0.2) is 0 Å². The molecule has 3 heterocycles. The first-order valence-corrected chi connectivity index (χ1v) is 17.5. The first-order valence-electron chi connectivity index (χ1n) is 14.5. The number of hydrogen-bond acceptors (Lipinski definition) is 4. The fraction of sp³-hybridized carbons (Fsp3) is 0.294. The van der Waals surface area contributed by atoms with E-state index in [0.717, 1.165) is 39.0 Å². The number of amides is 2. The predicted molar refractivity (Wildman–Crippen MR) is 164 cm³/mol. The second kappa shape index (κ2) is 9.59. The maximum absolute atomic E-state index is 15.7. The number of benzene rings is 4. The molecule has 0 aromatic heterocycles. The minimum absolute atomic E-state index is 0.0763. The average molecular weight is 581 g/mol. The number of carbonyl (C=O) groups excluding carboxylic acids is 2. The molecule has 1 N–H and O–H groups in total. The second-order valence-corrected chi connectivity index (χ2v) is 16.0. The Bertz CT molecular complexity index is 1750. The molecule has 0 radical (unpaired) electrons. The molecule has 3 aliphatic rings. The molecule has 214 valence electrons. The van der Waals surface area contributed by atoms with Crippen LogP contribution in [0.1, 0.15) is 34.8 Å². The zero-order valence-corrected chi connectivity index (χ0v) is 24.9. The number of anilines is 3. The van der Waals surface area contributed by atoms with Crippen molar-refractivity contribution in [2.75, 3.05) is 16.4 Å². The van der Waals surface area contributed by atoms with Gasteiger partial charge in [0.2, 0.25) is 8.41 Å². The van der Waals surface area contributed by atoms with E-state index < -0.39 is 31.6 Å². The molecule has 1 spiro atoms. The van der Waals surface area contributed by atoms with Gasteiger partial charge in [0, 0.05) is 34.7 Å². The lowest BCUT2D eigenvalue weighted by molar-refractivity contribution is -0.146. The highest BCUT2D eigenvalue weighted by Gasteiger charge is 2.66. The number of aliphatic hydroxyl groups excluding tert-OH is 1. The third-order valence-corrected chi connectivity index (χ3v) is 11.8. The van der Waals surface area contributed by atoms with Crippen LogP contribution < -0.4 is 9.80 Å². The summed E-state index contributed by atoms with van der Waals surface area (Å²) in [4.78, 5) is 31.5. The molecule has 0 saturated carbocycles. The largest absolute Gasteiger partial charge is 0.396 e. The monoisotopic (exact) mass is 580 g/mol. The maximum atomic E-state index is 15.7. The van der Waals surface area contributed by atoms with Crippen molar-refractivity contribution in [2.24, 2.45) is 5.92 Å². The summed E-state index contributed by atoms with van der Waals surface area (Å²) in [6, 6.07) is 27.0. The normalized spacial score (nSPS) is 24.8. The molecule has 4 aromatic rings. The Labute approximate surface area is 245 Å². The van der Waals surface area contributed by atoms with Crippen LogP contribution >= 0.6 is 0 Å². The van der Waals surface area contributed by atoms with E-state index in [0.29, 0.717) is 5.56 Å². The summed E-state index contributed by atoms with van der Waals surface area (Å²) in [6.45, 7) is 5.38. The number of halogens is 1. The lowest BCUT2D eigenvalue weighted by Gasteiger charge is -2.31. The Morgan fingerprint density at radius 1 is 0.952 bits per heavy atom. The minimum atomic E-state index is -3.25. The van der Waals surface area contributed by atoms with Gasteiger partial charge in [-0.1, -0.05) is 61.5 Å². The first kappa shape index (κ1) is 27.0. The average Bonchev–Trinajstić information content (AvgIpc) is 3.52. The van der Waals surface area contributed by atoms with E-state index in [1.165, 1.54) is 0 Å². The highest BCUT2D eigenvalue weighted by atomic mass is 28.4. The Hall–Kier alpha value is -3.85. The molecule has 1 fully saturated rings. The van der Waals surface area contributed by atoms with Crippen molar-refractivity contribution >= 4 is 48.1 Å².